The molecule has 3 rings (SSSR count). The van der Waals surface area contributed by atoms with E-state index in [9.17, 15) is 9.59 Å². The number of alkyl carbamates (subject to hydrolysis) is 1. The minimum Gasteiger partial charge on any atom is -0.444 e. The van der Waals surface area contributed by atoms with Gasteiger partial charge in [-0.2, -0.15) is 0 Å². The van der Waals surface area contributed by atoms with Crippen molar-refractivity contribution in [3.05, 3.63) is 29.6 Å². The summed E-state index contributed by atoms with van der Waals surface area (Å²) in [4.78, 5) is 27.0. The normalized spacial score (nSPS) is 15.6. The molecule has 33 heavy (non-hydrogen) atoms. The van der Waals surface area contributed by atoms with Gasteiger partial charge in [0.05, 0.1) is 13.1 Å². The van der Waals surface area contributed by atoms with Gasteiger partial charge in [0.25, 0.3) is 11.7 Å². The number of aromatic nitrogens is 2. The highest BCUT2D eigenvalue weighted by atomic mass is 16.6. The zero-order valence-electron chi connectivity index (χ0n) is 21.0. The van der Waals surface area contributed by atoms with Crippen LogP contribution >= 0.6 is 0 Å². The number of aryl methyl sites for hydroxylation is 2. The fraction of sp³-hybridized carbons (Fsp3) is 0.640. The topological polar surface area (TPSA) is 79.5 Å². The van der Waals surface area contributed by atoms with E-state index in [0.29, 0.717) is 12.1 Å². The first-order valence-corrected chi connectivity index (χ1v) is 12.2. The molecule has 0 unspecified atom stereocenters. The number of hydrogen-bond acceptors (Lipinski definition) is 4. The number of ether oxygens (including phenoxy) is 1. The van der Waals surface area contributed by atoms with E-state index in [0.717, 1.165) is 56.6 Å². The Hall–Kier alpha value is -2.61. The molecule has 1 saturated heterocycles. The number of nitrogens with zero attached hydrogens (tertiary/aromatic N) is 3. The Kier molecular flexibility index (Phi) is 8.00. The molecule has 1 fully saturated rings. The van der Waals surface area contributed by atoms with Crippen LogP contribution < -0.4 is 15.2 Å². The van der Waals surface area contributed by atoms with Crippen molar-refractivity contribution in [3.8, 4) is 0 Å². The molecule has 0 bridgehead atoms. The second-order valence-corrected chi connectivity index (χ2v) is 9.76. The van der Waals surface area contributed by atoms with Crippen LogP contribution in [-0.4, -0.2) is 59.3 Å². The van der Waals surface area contributed by atoms with E-state index in [4.69, 9.17) is 4.74 Å². The molecule has 182 valence electrons. The van der Waals surface area contributed by atoms with E-state index in [2.05, 4.69) is 51.5 Å². The second-order valence-electron chi connectivity index (χ2n) is 9.76. The molecular weight excluding hydrogens is 418 g/mol. The lowest BCUT2D eigenvalue weighted by molar-refractivity contribution is -0.674. The SMILES string of the molecule is CCn1c(C)[n+](CC)c2ccc(C(=O)NCCN3CCC(NC(=O)OC(C)(C)C)CC3)cc21. The van der Waals surface area contributed by atoms with E-state index >= 15 is 0 Å². The molecule has 1 aliphatic heterocycles. The molecule has 0 radical (unpaired) electrons. The molecule has 0 saturated carbocycles. The Morgan fingerprint density at radius 3 is 2.48 bits per heavy atom. The van der Waals surface area contributed by atoms with Gasteiger partial charge in [-0.1, -0.05) is 0 Å². The van der Waals surface area contributed by atoms with Gasteiger partial charge in [-0.25, -0.2) is 13.9 Å². The lowest BCUT2D eigenvalue weighted by atomic mass is 10.1. The number of benzene rings is 1. The minimum atomic E-state index is -0.483. The molecule has 1 aromatic heterocycles. The van der Waals surface area contributed by atoms with Crippen LogP contribution in [0.1, 0.15) is 63.6 Å². The van der Waals surface area contributed by atoms with Gasteiger partial charge in [-0.05, 0) is 59.6 Å². The summed E-state index contributed by atoms with van der Waals surface area (Å²) in [6.07, 6.45) is 1.42. The zero-order chi connectivity index (χ0) is 24.2. The molecule has 0 spiro atoms. The number of nitrogens with one attached hydrogen (secondary N) is 2. The number of carbonyl (C=O) groups excluding carboxylic acids is 2. The first kappa shape index (κ1) is 25.0. The van der Waals surface area contributed by atoms with E-state index in [1.807, 2.05) is 32.9 Å². The van der Waals surface area contributed by atoms with Crippen molar-refractivity contribution < 1.29 is 18.9 Å². The van der Waals surface area contributed by atoms with Crippen LogP contribution in [0.5, 0.6) is 0 Å². The van der Waals surface area contributed by atoms with E-state index in [1.165, 1.54) is 5.82 Å². The fourth-order valence-corrected chi connectivity index (χ4v) is 4.61. The highest BCUT2D eigenvalue weighted by molar-refractivity contribution is 5.97. The van der Waals surface area contributed by atoms with Gasteiger partial charge in [0, 0.05) is 50.8 Å². The quantitative estimate of drug-likeness (QED) is 0.625. The van der Waals surface area contributed by atoms with Gasteiger partial charge in [0.2, 0.25) is 0 Å². The summed E-state index contributed by atoms with van der Waals surface area (Å²) in [5.74, 6) is 1.17. The van der Waals surface area contributed by atoms with Crippen molar-refractivity contribution in [1.82, 2.24) is 20.1 Å². The summed E-state index contributed by atoms with van der Waals surface area (Å²) in [5.41, 5.74) is 2.47. The first-order valence-electron chi connectivity index (χ1n) is 12.2. The van der Waals surface area contributed by atoms with Crippen molar-refractivity contribution in [2.45, 2.75) is 79.1 Å². The summed E-state index contributed by atoms with van der Waals surface area (Å²) in [5, 5.41) is 6.03. The molecule has 2 heterocycles. The maximum Gasteiger partial charge on any atom is 0.407 e. The average Bonchev–Trinajstić information content (AvgIpc) is 3.03. The van der Waals surface area contributed by atoms with Gasteiger partial charge in [0.1, 0.15) is 5.60 Å². The minimum absolute atomic E-state index is 0.0390. The van der Waals surface area contributed by atoms with Crippen LogP contribution in [0.15, 0.2) is 18.2 Å². The van der Waals surface area contributed by atoms with Crippen LogP contribution in [0, 0.1) is 6.92 Å². The molecule has 2 N–H and O–H groups in total. The number of amides is 2. The molecule has 8 nitrogen and oxygen atoms in total. The Bertz CT molecular complexity index is 984. The number of likely N-dealkylation sites (tertiary alicyclic amines) is 1. The molecule has 2 amide bonds. The van der Waals surface area contributed by atoms with Crippen molar-refractivity contribution in [3.63, 3.8) is 0 Å². The molecule has 8 heteroatoms. The maximum atomic E-state index is 12.8. The van der Waals surface area contributed by atoms with E-state index in [1.54, 1.807) is 0 Å². The van der Waals surface area contributed by atoms with Gasteiger partial charge < -0.3 is 20.3 Å². The predicted octanol–water partition coefficient (Wildman–Crippen LogP) is 3.00. The zero-order valence-corrected chi connectivity index (χ0v) is 21.0. The van der Waals surface area contributed by atoms with Crippen LogP contribution in [0.2, 0.25) is 0 Å². The van der Waals surface area contributed by atoms with Crippen molar-refractivity contribution in [1.29, 1.82) is 0 Å². The standard InChI is InChI=1S/C25H39N5O3/c1-7-29-18(3)30(8-2)22-17-19(9-10-21(22)29)23(31)26-13-16-28-14-11-20(12-15-28)27-24(32)33-25(4,5)6/h9-10,17,20H,7-8,11-16H2,1-6H3,(H-,26,27,31,32)/p+1. The van der Waals surface area contributed by atoms with Gasteiger partial charge >= 0.3 is 6.09 Å². The molecular formula is C25H40N5O3+. The molecule has 0 aliphatic carbocycles. The van der Waals surface area contributed by atoms with E-state index in [-0.39, 0.29) is 18.0 Å². The predicted molar refractivity (Wildman–Crippen MR) is 129 cm³/mol. The Morgan fingerprint density at radius 1 is 1.18 bits per heavy atom. The van der Waals surface area contributed by atoms with Gasteiger partial charge in [-0.15, -0.1) is 0 Å². The number of imidazole rings is 1. The number of fused-ring (bicyclic) bond motifs is 1. The number of hydrogen-bond donors (Lipinski definition) is 2. The number of carbonyl (C=O) groups is 2. The van der Waals surface area contributed by atoms with Gasteiger partial charge in [-0.3, -0.25) is 4.79 Å². The largest absolute Gasteiger partial charge is 0.444 e. The van der Waals surface area contributed by atoms with Crippen molar-refractivity contribution in [2.24, 2.45) is 0 Å². The van der Waals surface area contributed by atoms with Crippen molar-refractivity contribution >= 4 is 23.0 Å². The molecule has 2 aromatic rings. The highest BCUT2D eigenvalue weighted by Crippen LogP contribution is 2.17. The smallest absolute Gasteiger partial charge is 0.407 e. The third-order valence-corrected chi connectivity index (χ3v) is 6.25. The lowest BCUT2D eigenvalue weighted by Crippen LogP contribution is -2.47. The first-order chi connectivity index (χ1) is 15.6. The van der Waals surface area contributed by atoms with E-state index < -0.39 is 5.60 Å². The molecule has 1 aliphatic rings. The highest BCUT2D eigenvalue weighted by Gasteiger charge is 2.24. The average molecular weight is 459 g/mol. The van der Waals surface area contributed by atoms with Crippen LogP contribution in [0.3, 0.4) is 0 Å². The van der Waals surface area contributed by atoms with Crippen LogP contribution in [0.4, 0.5) is 4.79 Å². The summed E-state index contributed by atoms with van der Waals surface area (Å²) in [6.45, 7) is 17.0. The summed E-state index contributed by atoms with van der Waals surface area (Å²) >= 11 is 0. The molecule has 0 atom stereocenters. The third kappa shape index (κ3) is 6.25. The third-order valence-electron chi connectivity index (χ3n) is 6.25. The Balaban J connectivity index is 1.47. The van der Waals surface area contributed by atoms with Gasteiger partial charge in [0.15, 0.2) is 11.0 Å². The Morgan fingerprint density at radius 2 is 1.88 bits per heavy atom. The molecule has 1 aromatic carbocycles. The Labute approximate surface area is 197 Å². The summed E-state index contributed by atoms with van der Waals surface area (Å²) in [7, 11) is 0. The summed E-state index contributed by atoms with van der Waals surface area (Å²) in [6, 6.07) is 6.11. The maximum absolute atomic E-state index is 12.8. The number of rotatable bonds is 7. The monoisotopic (exact) mass is 458 g/mol. The lowest BCUT2D eigenvalue weighted by Gasteiger charge is -2.32. The summed E-state index contributed by atoms with van der Waals surface area (Å²) < 4.78 is 9.88. The van der Waals surface area contributed by atoms with Crippen LogP contribution in [-0.2, 0) is 17.8 Å². The number of piperidine rings is 1. The van der Waals surface area contributed by atoms with Crippen LogP contribution in [0.25, 0.3) is 11.0 Å². The fourth-order valence-electron chi connectivity index (χ4n) is 4.61. The second kappa shape index (κ2) is 10.5. The van der Waals surface area contributed by atoms with Crippen molar-refractivity contribution in [2.75, 3.05) is 26.2 Å².